The molecule has 0 aliphatic heterocycles. The fourth-order valence-corrected chi connectivity index (χ4v) is 1.55. The first-order chi connectivity index (χ1) is 9.21. The average Bonchev–Trinajstić information content (AvgIpc) is 2.44. The van der Waals surface area contributed by atoms with Crippen molar-refractivity contribution in [3.8, 4) is 5.88 Å². The summed E-state index contributed by atoms with van der Waals surface area (Å²) in [7, 11) is 3.29. The summed E-state index contributed by atoms with van der Waals surface area (Å²) in [6.07, 6.45) is 1.68. The summed E-state index contributed by atoms with van der Waals surface area (Å²) in [5.74, 6) is 1.37. The van der Waals surface area contributed by atoms with Crippen molar-refractivity contribution in [1.82, 2.24) is 19.9 Å². The number of anilines is 2. The van der Waals surface area contributed by atoms with Crippen LogP contribution in [0.2, 0.25) is 5.28 Å². The number of aromatic nitrogens is 4. The Labute approximate surface area is 115 Å². The molecule has 0 fully saturated rings. The summed E-state index contributed by atoms with van der Waals surface area (Å²) in [4.78, 5) is 16.0. The van der Waals surface area contributed by atoms with Crippen molar-refractivity contribution in [2.45, 2.75) is 6.54 Å². The van der Waals surface area contributed by atoms with Crippen molar-refractivity contribution in [3.63, 3.8) is 0 Å². The molecule has 2 heterocycles. The van der Waals surface area contributed by atoms with Crippen molar-refractivity contribution in [2.24, 2.45) is 0 Å². The summed E-state index contributed by atoms with van der Waals surface area (Å²) < 4.78 is 5.05. The second kappa shape index (κ2) is 6.14. The number of nitrogens with zero attached hydrogens (tertiary/aromatic N) is 4. The number of pyridine rings is 1. The van der Waals surface area contributed by atoms with E-state index in [1.807, 2.05) is 12.1 Å². The van der Waals surface area contributed by atoms with Crippen LogP contribution in [-0.4, -0.2) is 34.1 Å². The molecule has 7 nitrogen and oxygen atoms in total. The van der Waals surface area contributed by atoms with E-state index in [9.17, 15) is 0 Å². The van der Waals surface area contributed by atoms with Crippen LogP contribution in [0.1, 0.15) is 5.56 Å². The molecule has 8 heteroatoms. The SMILES string of the molecule is CNc1nc(Cl)nc(NCc2ccnc(OC)c2)n1. The molecule has 0 aliphatic carbocycles. The number of hydrogen-bond donors (Lipinski definition) is 2. The van der Waals surface area contributed by atoms with Gasteiger partial charge in [-0.2, -0.15) is 15.0 Å². The normalized spacial score (nSPS) is 10.1. The van der Waals surface area contributed by atoms with E-state index >= 15 is 0 Å². The number of halogens is 1. The molecule has 0 saturated carbocycles. The molecule has 0 amide bonds. The minimum atomic E-state index is 0.133. The lowest BCUT2D eigenvalue weighted by molar-refractivity contribution is 0.397. The fourth-order valence-electron chi connectivity index (χ4n) is 1.39. The lowest BCUT2D eigenvalue weighted by Gasteiger charge is -2.07. The van der Waals surface area contributed by atoms with Gasteiger partial charge in [-0.05, 0) is 23.2 Å². The number of ether oxygens (including phenoxy) is 1. The number of hydrogen-bond acceptors (Lipinski definition) is 7. The molecule has 100 valence electrons. The van der Waals surface area contributed by atoms with Crippen LogP contribution in [0.15, 0.2) is 18.3 Å². The second-order valence-electron chi connectivity index (χ2n) is 3.56. The summed E-state index contributed by atoms with van der Waals surface area (Å²) in [6.45, 7) is 0.530. The lowest BCUT2D eigenvalue weighted by Crippen LogP contribution is -2.07. The molecule has 2 N–H and O–H groups in total. The molecule has 0 saturated heterocycles. The molecule has 0 aromatic carbocycles. The van der Waals surface area contributed by atoms with Crippen LogP contribution in [-0.2, 0) is 6.54 Å². The average molecular weight is 281 g/mol. The first-order valence-corrected chi connectivity index (χ1v) is 5.91. The van der Waals surface area contributed by atoms with Gasteiger partial charge in [0, 0.05) is 25.9 Å². The maximum absolute atomic E-state index is 5.79. The van der Waals surface area contributed by atoms with Gasteiger partial charge in [0.2, 0.25) is 23.1 Å². The fraction of sp³-hybridized carbons (Fsp3) is 0.273. The van der Waals surface area contributed by atoms with Gasteiger partial charge in [0.05, 0.1) is 7.11 Å². The zero-order valence-electron chi connectivity index (χ0n) is 10.5. The van der Waals surface area contributed by atoms with E-state index in [-0.39, 0.29) is 5.28 Å². The summed E-state index contributed by atoms with van der Waals surface area (Å²) in [5, 5.41) is 6.00. The van der Waals surface area contributed by atoms with Gasteiger partial charge in [-0.1, -0.05) is 0 Å². The molecule has 2 rings (SSSR count). The number of methoxy groups -OCH3 is 1. The Morgan fingerprint density at radius 2 is 2.05 bits per heavy atom. The molecule has 0 unspecified atom stereocenters. The lowest BCUT2D eigenvalue weighted by atomic mass is 10.2. The third-order valence-electron chi connectivity index (χ3n) is 2.29. The van der Waals surface area contributed by atoms with Crippen LogP contribution in [0.5, 0.6) is 5.88 Å². The molecular formula is C11H13ClN6O. The Bertz CT molecular complexity index is 565. The van der Waals surface area contributed by atoms with Gasteiger partial charge >= 0.3 is 0 Å². The number of nitrogens with one attached hydrogen (secondary N) is 2. The Morgan fingerprint density at radius 1 is 1.26 bits per heavy atom. The maximum Gasteiger partial charge on any atom is 0.229 e. The van der Waals surface area contributed by atoms with Crippen molar-refractivity contribution in [3.05, 3.63) is 29.2 Å². The Balaban J connectivity index is 2.07. The summed E-state index contributed by atoms with van der Waals surface area (Å²) in [6, 6.07) is 3.70. The van der Waals surface area contributed by atoms with Gasteiger partial charge in [-0.25, -0.2) is 4.98 Å². The van der Waals surface area contributed by atoms with Gasteiger partial charge < -0.3 is 15.4 Å². The highest BCUT2D eigenvalue weighted by molar-refractivity contribution is 6.28. The predicted octanol–water partition coefficient (Wildman–Crippen LogP) is 1.58. The third-order valence-corrected chi connectivity index (χ3v) is 2.46. The van der Waals surface area contributed by atoms with E-state index in [0.717, 1.165) is 5.56 Å². The molecule has 19 heavy (non-hydrogen) atoms. The van der Waals surface area contributed by atoms with Gasteiger partial charge in [0.25, 0.3) is 0 Å². The molecule has 0 bridgehead atoms. The topological polar surface area (TPSA) is 84.9 Å². The molecule has 0 spiro atoms. The van der Waals surface area contributed by atoms with E-state index in [2.05, 4.69) is 30.6 Å². The Hall–Kier alpha value is -2.15. The van der Waals surface area contributed by atoms with E-state index in [1.165, 1.54) is 0 Å². The molecule has 2 aromatic rings. The predicted molar refractivity (Wildman–Crippen MR) is 72.5 cm³/mol. The zero-order chi connectivity index (χ0) is 13.7. The quantitative estimate of drug-likeness (QED) is 0.860. The van der Waals surface area contributed by atoms with Crippen molar-refractivity contribution >= 4 is 23.5 Å². The number of rotatable bonds is 5. The van der Waals surface area contributed by atoms with E-state index in [4.69, 9.17) is 16.3 Å². The highest BCUT2D eigenvalue weighted by Crippen LogP contribution is 2.12. The smallest absolute Gasteiger partial charge is 0.229 e. The van der Waals surface area contributed by atoms with E-state index < -0.39 is 0 Å². The molecule has 2 aromatic heterocycles. The van der Waals surface area contributed by atoms with Crippen molar-refractivity contribution in [2.75, 3.05) is 24.8 Å². The van der Waals surface area contributed by atoms with Crippen molar-refractivity contribution < 1.29 is 4.74 Å². The van der Waals surface area contributed by atoms with Crippen LogP contribution in [0.3, 0.4) is 0 Å². The standard InChI is InChI=1S/C11H13ClN6O/c1-13-10-16-9(12)17-11(18-10)15-6-7-3-4-14-8(5-7)19-2/h3-5H,6H2,1-2H3,(H2,13,15,16,17,18). The first kappa shape index (κ1) is 13.3. The minimum Gasteiger partial charge on any atom is -0.481 e. The van der Waals surface area contributed by atoms with Crippen LogP contribution in [0, 0.1) is 0 Å². The van der Waals surface area contributed by atoms with Crippen molar-refractivity contribution in [1.29, 1.82) is 0 Å². The van der Waals surface area contributed by atoms with Gasteiger partial charge in [-0.3, -0.25) is 0 Å². The van der Waals surface area contributed by atoms with Crippen LogP contribution >= 0.6 is 11.6 Å². The largest absolute Gasteiger partial charge is 0.481 e. The highest BCUT2D eigenvalue weighted by Gasteiger charge is 2.04. The Morgan fingerprint density at radius 3 is 2.79 bits per heavy atom. The highest BCUT2D eigenvalue weighted by atomic mass is 35.5. The molecule has 0 radical (unpaired) electrons. The van der Waals surface area contributed by atoms with Crippen LogP contribution in [0.4, 0.5) is 11.9 Å². The monoisotopic (exact) mass is 280 g/mol. The third kappa shape index (κ3) is 3.65. The van der Waals surface area contributed by atoms with E-state index in [0.29, 0.717) is 24.3 Å². The Kier molecular flexibility index (Phi) is 4.30. The van der Waals surface area contributed by atoms with Crippen LogP contribution in [0.25, 0.3) is 0 Å². The zero-order valence-corrected chi connectivity index (χ0v) is 11.3. The summed E-state index contributed by atoms with van der Waals surface area (Å²) >= 11 is 5.79. The van der Waals surface area contributed by atoms with Gasteiger partial charge in [-0.15, -0.1) is 0 Å². The first-order valence-electron chi connectivity index (χ1n) is 5.53. The molecule has 0 aliphatic rings. The summed E-state index contributed by atoms with van der Waals surface area (Å²) in [5.41, 5.74) is 0.995. The second-order valence-corrected chi connectivity index (χ2v) is 3.90. The van der Waals surface area contributed by atoms with E-state index in [1.54, 1.807) is 20.4 Å². The molecule has 0 atom stereocenters. The van der Waals surface area contributed by atoms with Crippen LogP contribution < -0.4 is 15.4 Å². The molecular weight excluding hydrogens is 268 g/mol. The van der Waals surface area contributed by atoms with Gasteiger partial charge in [0.15, 0.2) is 0 Å². The maximum atomic E-state index is 5.79. The van der Waals surface area contributed by atoms with Gasteiger partial charge in [0.1, 0.15) is 0 Å². The minimum absolute atomic E-state index is 0.133.